The van der Waals surface area contributed by atoms with Crippen LogP contribution in [0.15, 0.2) is 12.1 Å². The second kappa shape index (κ2) is 3.65. The van der Waals surface area contributed by atoms with Gasteiger partial charge in [-0.1, -0.05) is 6.07 Å². The van der Waals surface area contributed by atoms with Crippen LogP contribution in [0.25, 0.3) is 0 Å². The molecule has 14 heavy (non-hydrogen) atoms. The molecule has 1 aliphatic rings. The molecule has 1 atom stereocenters. The molecule has 76 valence electrons. The summed E-state index contributed by atoms with van der Waals surface area (Å²) in [6.07, 6.45) is 2.10. The third-order valence-electron chi connectivity index (χ3n) is 2.70. The topological polar surface area (TPSA) is 12.0 Å². The highest BCUT2D eigenvalue weighted by Gasteiger charge is 2.18. The highest BCUT2D eigenvalue weighted by Crippen LogP contribution is 2.25. The van der Waals surface area contributed by atoms with E-state index in [1.807, 2.05) is 0 Å². The van der Waals surface area contributed by atoms with Crippen molar-refractivity contribution in [2.75, 3.05) is 6.54 Å². The van der Waals surface area contributed by atoms with Gasteiger partial charge in [-0.05, 0) is 43.5 Å². The molecular formula is C11H13F2N. The predicted molar refractivity (Wildman–Crippen MR) is 51.1 cm³/mol. The maximum atomic E-state index is 13.1. The molecule has 1 heterocycles. The lowest BCUT2D eigenvalue weighted by atomic mass is 10.0. The van der Waals surface area contributed by atoms with E-state index >= 15 is 0 Å². The lowest BCUT2D eigenvalue weighted by molar-refractivity contribution is 0.498. The maximum absolute atomic E-state index is 13.1. The standard InChI is InChI=1S/C11H13F2N/c1-7-5-8(6-9(12)11(7)13)10-3-2-4-14-10/h5-6,10,14H,2-4H2,1H3. The molecule has 1 nitrogen and oxygen atoms in total. The zero-order chi connectivity index (χ0) is 10.1. The minimum absolute atomic E-state index is 0.198. The van der Waals surface area contributed by atoms with Gasteiger partial charge in [0.1, 0.15) is 0 Å². The summed E-state index contributed by atoms with van der Waals surface area (Å²) in [5, 5.41) is 3.26. The van der Waals surface area contributed by atoms with Crippen LogP contribution in [0.4, 0.5) is 8.78 Å². The molecule has 1 saturated heterocycles. The lowest BCUT2D eigenvalue weighted by Gasteiger charge is -2.12. The van der Waals surface area contributed by atoms with Crippen LogP contribution < -0.4 is 5.32 Å². The first-order chi connectivity index (χ1) is 6.68. The Morgan fingerprint density at radius 3 is 2.71 bits per heavy atom. The molecule has 3 heteroatoms. The predicted octanol–water partition coefficient (Wildman–Crippen LogP) is 2.70. The Kier molecular flexibility index (Phi) is 2.50. The summed E-state index contributed by atoms with van der Waals surface area (Å²) in [6.45, 7) is 2.56. The first-order valence-electron chi connectivity index (χ1n) is 4.87. The smallest absolute Gasteiger partial charge is 0.161 e. The third kappa shape index (κ3) is 1.64. The molecule has 0 radical (unpaired) electrons. The zero-order valence-corrected chi connectivity index (χ0v) is 8.11. The summed E-state index contributed by atoms with van der Waals surface area (Å²) in [4.78, 5) is 0. The van der Waals surface area contributed by atoms with Gasteiger partial charge in [0, 0.05) is 6.04 Å². The lowest BCUT2D eigenvalue weighted by Crippen LogP contribution is -2.13. The molecule has 1 aromatic carbocycles. The Labute approximate surface area is 82.1 Å². The van der Waals surface area contributed by atoms with Crippen molar-refractivity contribution < 1.29 is 8.78 Å². The summed E-state index contributed by atoms with van der Waals surface area (Å²) >= 11 is 0. The molecule has 0 aliphatic carbocycles. The average Bonchev–Trinajstić information content (AvgIpc) is 2.66. The molecular weight excluding hydrogens is 184 g/mol. The van der Waals surface area contributed by atoms with E-state index in [9.17, 15) is 8.78 Å². The average molecular weight is 197 g/mol. The Bertz CT molecular complexity index is 320. The maximum Gasteiger partial charge on any atom is 0.161 e. The number of nitrogens with one attached hydrogen (secondary N) is 1. The quantitative estimate of drug-likeness (QED) is 0.729. The third-order valence-corrected chi connectivity index (χ3v) is 2.70. The fraction of sp³-hybridized carbons (Fsp3) is 0.455. The molecule has 1 unspecified atom stereocenters. The van der Waals surface area contributed by atoms with Gasteiger partial charge in [0.25, 0.3) is 0 Å². The van der Waals surface area contributed by atoms with Gasteiger partial charge < -0.3 is 5.32 Å². The number of rotatable bonds is 1. The largest absolute Gasteiger partial charge is 0.310 e. The summed E-state index contributed by atoms with van der Waals surface area (Å²) in [5.74, 6) is -1.47. The van der Waals surface area contributed by atoms with Crippen LogP contribution in [0.3, 0.4) is 0 Å². The molecule has 0 spiro atoms. The molecule has 0 saturated carbocycles. The number of benzene rings is 1. The van der Waals surface area contributed by atoms with Crippen LogP contribution >= 0.6 is 0 Å². The van der Waals surface area contributed by atoms with Crippen molar-refractivity contribution in [1.82, 2.24) is 5.32 Å². The SMILES string of the molecule is Cc1cc(C2CCCN2)cc(F)c1F. The van der Waals surface area contributed by atoms with Crippen molar-refractivity contribution >= 4 is 0 Å². The first kappa shape index (κ1) is 9.59. The van der Waals surface area contributed by atoms with E-state index in [1.54, 1.807) is 13.0 Å². The number of aryl methyl sites for hydroxylation is 1. The minimum atomic E-state index is -0.742. The van der Waals surface area contributed by atoms with Gasteiger partial charge in [0.15, 0.2) is 11.6 Å². The molecule has 2 rings (SSSR count). The van der Waals surface area contributed by atoms with Gasteiger partial charge in [-0.15, -0.1) is 0 Å². The fourth-order valence-electron chi connectivity index (χ4n) is 1.92. The highest BCUT2D eigenvalue weighted by molar-refractivity contribution is 5.28. The van der Waals surface area contributed by atoms with Crippen LogP contribution in [0, 0.1) is 18.6 Å². The summed E-state index contributed by atoms with van der Waals surface area (Å²) in [7, 11) is 0. The Balaban J connectivity index is 2.34. The van der Waals surface area contributed by atoms with Crippen molar-refractivity contribution in [1.29, 1.82) is 0 Å². The van der Waals surface area contributed by atoms with Crippen molar-refractivity contribution in [3.05, 3.63) is 34.9 Å². The van der Waals surface area contributed by atoms with Crippen molar-refractivity contribution in [2.45, 2.75) is 25.8 Å². The van der Waals surface area contributed by atoms with Gasteiger partial charge in [0.2, 0.25) is 0 Å². The van der Waals surface area contributed by atoms with Gasteiger partial charge in [0.05, 0.1) is 0 Å². The molecule has 0 amide bonds. The minimum Gasteiger partial charge on any atom is -0.310 e. The van der Waals surface area contributed by atoms with E-state index < -0.39 is 11.6 Å². The van der Waals surface area contributed by atoms with Gasteiger partial charge >= 0.3 is 0 Å². The number of hydrogen-bond acceptors (Lipinski definition) is 1. The van der Waals surface area contributed by atoms with E-state index in [0.717, 1.165) is 24.9 Å². The van der Waals surface area contributed by atoms with Gasteiger partial charge in [-0.3, -0.25) is 0 Å². The molecule has 0 aromatic heterocycles. The number of halogens is 2. The van der Waals surface area contributed by atoms with Crippen LogP contribution in [0.5, 0.6) is 0 Å². The monoisotopic (exact) mass is 197 g/mol. The fourth-order valence-corrected chi connectivity index (χ4v) is 1.92. The Morgan fingerprint density at radius 2 is 2.14 bits per heavy atom. The molecule has 0 bridgehead atoms. The number of hydrogen-bond donors (Lipinski definition) is 1. The summed E-state index contributed by atoms with van der Waals surface area (Å²) in [5.41, 5.74) is 1.24. The zero-order valence-electron chi connectivity index (χ0n) is 8.11. The second-order valence-electron chi connectivity index (χ2n) is 3.78. The van der Waals surface area contributed by atoms with Crippen LogP contribution in [-0.2, 0) is 0 Å². The molecule has 1 aromatic rings. The second-order valence-corrected chi connectivity index (χ2v) is 3.78. The summed E-state index contributed by atoms with van der Waals surface area (Å²) in [6, 6.07) is 3.22. The molecule has 1 fully saturated rings. The normalized spacial score (nSPS) is 21.5. The Morgan fingerprint density at radius 1 is 1.36 bits per heavy atom. The van der Waals surface area contributed by atoms with Crippen LogP contribution in [0.1, 0.15) is 30.0 Å². The van der Waals surface area contributed by atoms with E-state index in [2.05, 4.69) is 5.32 Å². The van der Waals surface area contributed by atoms with Crippen LogP contribution in [-0.4, -0.2) is 6.54 Å². The molecule has 1 N–H and O–H groups in total. The van der Waals surface area contributed by atoms with E-state index in [4.69, 9.17) is 0 Å². The van der Waals surface area contributed by atoms with E-state index in [0.29, 0.717) is 5.56 Å². The highest BCUT2D eigenvalue weighted by atomic mass is 19.2. The van der Waals surface area contributed by atoms with Gasteiger partial charge in [-0.2, -0.15) is 0 Å². The molecule has 1 aliphatic heterocycles. The van der Waals surface area contributed by atoms with Crippen LogP contribution in [0.2, 0.25) is 0 Å². The van der Waals surface area contributed by atoms with E-state index in [1.165, 1.54) is 6.07 Å². The van der Waals surface area contributed by atoms with Crippen molar-refractivity contribution in [2.24, 2.45) is 0 Å². The van der Waals surface area contributed by atoms with Crippen molar-refractivity contribution in [3.63, 3.8) is 0 Å². The Hall–Kier alpha value is -0.960. The summed E-state index contributed by atoms with van der Waals surface area (Å²) < 4.78 is 26.1. The van der Waals surface area contributed by atoms with Crippen molar-refractivity contribution in [3.8, 4) is 0 Å². The van der Waals surface area contributed by atoms with E-state index in [-0.39, 0.29) is 6.04 Å². The van der Waals surface area contributed by atoms with Gasteiger partial charge in [-0.25, -0.2) is 8.78 Å². The first-order valence-corrected chi connectivity index (χ1v) is 4.87.